The first-order valence-electron chi connectivity index (χ1n) is 9.39. The predicted octanol–water partition coefficient (Wildman–Crippen LogP) is 5.36. The zero-order valence-electron chi connectivity index (χ0n) is 15.7. The summed E-state index contributed by atoms with van der Waals surface area (Å²) in [5, 5.41) is 12.8. The first kappa shape index (κ1) is 19.2. The molecule has 3 heteroatoms. The summed E-state index contributed by atoms with van der Waals surface area (Å²) < 4.78 is 0. The molecule has 0 amide bonds. The average molecular weight is 370 g/mol. The predicted molar refractivity (Wildman–Crippen MR) is 110 cm³/mol. The molecule has 0 spiro atoms. The minimum Gasteiger partial charge on any atom is -0.380 e. The molecule has 0 bridgehead atoms. The van der Waals surface area contributed by atoms with Crippen LogP contribution in [-0.4, -0.2) is 30.6 Å². The second kappa shape index (κ2) is 8.39. The van der Waals surface area contributed by atoms with Gasteiger partial charge in [-0.2, -0.15) is 0 Å². The lowest BCUT2D eigenvalue weighted by molar-refractivity contribution is 0.000492. The minimum absolute atomic E-state index is 0.133. The van der Waals surface area contributed by atoms with E-state index in [9.17, 15) is 5.11 Å². The summed E-state index contributed by atoms with van der Waals surface area (Å²) in [5.41, 5.74) is 2.13. The highest BCUT2D eigenvalue weighted by Gasteiger charge is 2.42. The van der Waals surface area contributed by atoms with Crippen molar-refractivity contribution in [1.29, 1.82) is 0 Å². The normalized spacial score (nSPS) is 25.4. The Kier molecular flexibility index (Phi) is 6.18. The zero-order valence-corrected chi connectivity index (χ0v) is 16.4. The van der Waals surface area contributed by atoms with Crippen molar-refractivity contribution in [2.45, 2.75) is 31.3 Å². The molecule has 0 heterocycles. The van der Waals surface area contributed by atoms with Crippen LogP contribution in [0, 0.1) is 5.92 Å². The molecule has 138 valence electrons. The molecule has 0 saturated heterocycles. The second-order valence-electron chi connectivity index (χ2n) is 7.56. The Balaban J connectivity index is 2.14. The molecule has 2 aromatic carbocycles. The molecule has 0 radical (unpaired) electrons. The van der Waals surface area contributed by atoms with Crippen LogP contribution >= 0.6 is 11.6 Å². The fourth-order valence-electron chi connectivity index (χ4n) is 4.11. The molecular weight excluding hydrogens is 342 g/mol. The highest BCUT2D eigenvalue weighted by Crippen LogP contribution is 2.45. The Labute approximate surface area is 162 Å². The Morgan fingerprint density at radius 1 is 1.12 bits per heavy atom. The molecule has 1 aliphatic carbocycles. The maximum Gasteiger partial charge on any atom is 0.115 e. The Morgan fingerprint density at radius 3 is 2.58 bits per heavy atom. The lowest BCUT2D eigenvalue weighted by Crippen LogP contribution is -2.41. The second-order valence-corrected chi connectivity index (χ2v) is 8.00. The lowest BCUT2D eigenvalue weighted by atomic mass is 9.74. The van der Waals surface area contributed by atoms with Crippen molar-refractivity contribution in [3.05, 3.63) is 76.3 Å². The molecule has 1 fully saturated rings. The van der Waals surface area contributed by atoms with Crippen LogP contribution in [0.15, 0.2) is 60.2 Å². The van der Waals surface area contributed by atoms with Gasteiger partial charge in [0.05, 0.1) is 0 Å². The monoisotopic (exact) mass is 369 g/mol. The van der Waals surface area contributed by atoms with Gasteiger partial charge in [-0.05, 0) is 62.2 Å². The van der Waals surface area contributed by atoms with Crippen LogP contribution in [0.4, 0.5) is 0 Å². The fourth-order valence-corrected chi connectivity index (χ4v) is 4.30. The van der Waals surface area contributed by atoms with Crippen molar-refractivity contribution in [1.82, 2.24) is 4.90 Å². The summed E-state index contributed by atoms with van der Waals surface area (Å²) in [6.07, 6.45) is 6.32. The Morgan fingerprint density at radius 2 is 1.88 bits per heavy atom. The summed E-state index contributed by atoms with van der Waals surface area (Å²) in [6, 6.07) is 18.0. The average Bonchev–Trinajstić information content (AvgIpc) is 2.77. The highest BCUT2D eigenvalue weighted by atomic mass is 35.5. The maximum atomic E-state index is 12.1. The first-order valence-corrected chi connectivity index (χ1v) is 9.77. The third-order valence-corrected chi connectivity index (χ3v) is 5.55. The summed E-state index contributed by atoms with van der Waals surface area (Å²) >= 11 is 6.29. The topological polar surface area (TPSA) is 23.5 Å². The van der Waals surface area contributed by atoms with E-state index in [2.05, 4.69) is 37.2 Å². The summed E-state index contributed by atoms with van der Waals surface area (Å²) in [7, 11) is 4.15. The molecule has 26 heavy (non-hydrogen) atoms. The van der Waals surface area contributed by atoms with Crippen molar-refractivity contribution >= 4 is 17.7 Å². The van der Waals surface area contributed by atoms with E-state index in [4.69, 9.17) is 11.6 Å². The number of aliphatic hydroxyl groups is 1. The smallest absolute Gasteiger partial charge is 0.115 e. The summed E-state index contributed by atoms with van der Waals surface area (Å²) in [5.74, 6) is 0.133. The zero-order chi connectivity index (χ0) is 18.6. The van der Waals surface area contributed by atoms with Gasteiger partial charge in [-0.15, -0.1) is 0 Å². The van der Waals surface area contributed by atoms with Crippen LogP contribution < -0.4 is 0 Å². The van der Waals surface area contributed by atoms with Crippen molar-refractivity contribution in [3.8, 4) is 0 Å². The molecule has 3 rings (SSSR count). The van der Waals surface area contributed by atoms with Gasteiger partial charge in [-0.1, -0.05) is 66.6 Å². The molecule has 2 atom stereocenters. The van der Waals surface area contributed by atoms with Gasteiger partial charge in [-0.3, -0.25) is 0 Å². The minimum atomic E-state index is -0.999. The van der Waals surface area contributed by atoms with Gasteiger partial charge in [0, 0.05) is 17.5 Å². The third kappa shape index (κ3) is 4.20. The van der Waals surface area contributed by atoms with Crippen molar-refractivity contribution < 1.29 is 5.11 Å². The van der Waals surface area contributed by atoms with Crippen LogP contribution in [0.1, 0.15) is 36.8 Å². The molecule has 2 nitrogen and oxygen atoms in total. The number of rotatable bonds is 4. The molecule has 0 aromatic heterocycles. The van der Waals surface area contributed by atoms with E-state index in [0.29, 0.717) is 5.02 Å². The van der Waals surface area contributed by atoms with E-state index in [0.717, 1.165) is 48.9 Å². The van der Waals surface area contributed by atoms with E-state index in [1.165, 1.54) is 0 Å². The van der Waals surface area contributed by atoms with Gasteiger partial charge in [-0.25, -0.2) is 0 Å². The van der Waals surface area contributed by atoms with Crippen molar-refractivity contribution in [2.75, 3.05) is 20.6 Å². The largest absolute Gasteiger partial charge is 0.380 e. The van der Waals surface area contributed by atoms with E-state index < -0.39 is 5.60 Å². The van der Waals surface area contributed by atoms with Crippen LogP contribution in [0.5, 0.6) is 0 Å². The van der Waals surface area contributed by atoms with Crippen LogP contribution in [0.25, 0.3) is 6.08 Å². The SMILES string of the molecule is CN(C)CC1CCCC/C(=C/c2ccccc2)C1(O)c1cccc(Cl)c1. The molecule has 1 saturated carbocycles. The third-order valence-electron chi connectivity index (χ3n) is 5.32. The summed E-state index contributed by atoms with van der Waals surface area (Å²) in [6.45, 7) is 0.842. The van der Waals surface area contributed by atoms with E-state index in [1.54, 1.807) is 0 Å². The van der Waals surface area contributed by atoms with Gasteiger partial charge < -0.3 is 10.0 Å². The Hall–Kier alpha value is -1.61. The highest BCUT2D eigenvalue weighted by molar-refractivity contribution is 6.30. The molecule has 1 N–H and O–H groups in total. The summed E-state index contributed by atoms with van der Waals surface area (Å²) in [4.78, 5) is 2.17. The van der Waals surface area contributed by atoms with Crippen LogP contribution in [-0.2, 0) is 5.60 Å². The van der Waals surface area contributed by atoms with E-state index in [1.807, 2.05) is 42.5 Å². The number of hydrogen-bond donors (Lipinski definition) is 1. The van der Waals surface area contributed by atoms with Crippen molar-refractivity contribution in [3.63, 3.8) is 0 Å². The quantitative estimate of drug-likeness (QED) is 0.733. The van der Waals surface area contributed by atoms with Gasteiger partial charge in [0.2, 0.25) is 0 Å². The molecule has 1 aliphatic rings. The van der Waals surface area contributed by atoms with Crippen LogP contribution in [0.2, 0.25) is 5.02 Å². The van der Waals surface area contributed by atoms with Crippen LogP contribution in [0.3, 0.4) is 0 Å². The van der Waals surface area contributed by atoms with E-state index >= 15 is 0 Å². The molecule has 2 unspecified atom stereocenters. The van der Waals surface area contributed by atoms with Gasteiger partial charge in [0.25, 0.3) is 0 Å². The number of benzene rings is 2. The number of halogens is 1. The first-order chi connectivity index (χ1) is 12.5. The molecule has 0 aliphatic heterocycles. The number of hydrogen-bond acceptors (Lipinski definition) is 2. The molecular formula is C23H28ClNO. The number of nitrogens with zero attached hydrogens (tertiary/aromatic N) is 1. The lowest BCUT2D eigenvalue weighted by Gasteiger charge is -2.39. The van der Waals surface area contributed by atoms with Gasteiger partial charge in [0.1, 0.15) is 5.60 Å². The van der Waals surface area contributed by atoms with Gasteiger partial charge in [0.15, 0.2) is 0 Å². The van der Waals surface area contributed by atoms with Crippen molar-refractivity contribution in [2.24, 2.45) is 5.92 Å². The standard InChI is InChI=1S/C23H28ClNO/c1-25(2)17-21-12-7-6-11-19(15-18-9-4-3-5-10-18)23(21,26)20-13-8-14-22(24)16-20/h3-5,8-10,13-16,21,26H,6-7,11-12,17H2,1-2H3/b19-15-. The van der Waals surface area contributed by atoms with E-state index in [-0.39, 0.29) is 5.92 Å². The fraction of sp³-hybridized carbons (Fsp3) is 0.391. The maximum absolute atomic E-state index is 12.1. The van der Waals surface area contributed by atoms with Gasteiger partial charge >= 0.3 is 0 Å². The molecule has 2 aromatic rings. The Bertz CT molecular complexity index is 756.